The average molecular weight is 993 g/mol. The Bertz CT molecular complexity index is 3230. The number of anilines is 2. The summed E-state index contributed by atoms with van der Waals surface area (Å²) in [7, 11) is -2.14. The predicted octanol–water partition coefficient (Wildman–Crippen LogP) is 3.07. The van der Waals surface area contributed by atoms with E-state index in [2.05, 4.69) is 32.7 Å². The number of nitrogens with two attached hydrogens (primary N) is 2. The number of imidazole rings is 2. The summed E-state index contributed by atoms with van der Waals surface area (Å²) in [6.45, 7) is 10.4. The molecule has 4 aromatic heterocycles. The summed E-state index contributed by atoms with van der Waals surface area (Å²) in [6, 6.07) is 9.37. The van der Waals surface area contributed by atoms with Crippen molar-refractivity contribution in [3.63, 3.8) is 0 Å². The molecule has 6 aromatic rings. The molecule has 0 atom stereocenters. The van der Waals surface area contributed by atoms with E-state index in [4.69, 9.17) is 35.6 Å². The lowest BCUT2D eigenvalue weighted by atomic mass is 9.99. The van der Waals surface area contributed by atoms with Gasteiger partial charge in [0.05, 0.1) is 42.7 Å². The molecule has 2 fully saturated rings. The number of piperidine rings is 1. The van der Waals surface area contributed by atoms with E-state index in [1.165, 1.54) is 40.0 Å². The van der Waals surface area contributed by atoms with Gasteiger partial charge in [0, 0.05) is 69.4 Å². The molecule has 71 heavy (non-hydrogen) atoms. The van der Waals surface area contributed by atoms with Crippen LogP contribution in [0, 0.1) is 31.6 Å². The number of aromatic nitrogens is 8. The Hall–Kier alpha value is -7.59. The second kappa shape index (κ2) is 21.2. The van der Waals surface area contributed by atoms with E-state index in [9.17, 15) is 27.6 Å². The number of fused-ring (bicyclic) bond motifs is 2. The van der Waals surface area contributed by atoms with Crippen molar-refractivity contribution in [1.29, 1.82) is 0 Å². The number of methoxy groups -OCH3 is 1. The number of allylic oxidation sites excluding steroid dienone is 2. The van der Waals surface area contributed by atoms with E-state index in [0.717, 1.165) is 0 Å². The third kappa shape index (κ3) is 10.6. The third-order valence-corrected chi connectivity index (χ3v) is 14.2. The van der Waals surface area contributed by atoms with Crippen molar-refractivity contribution in [1.82, 2.24) is 47.3 Å². The molecule has 4 amide bonds. The first-order chi connectivity index (χ1) is 34.1. The highest BCUT2D eigenvalue weighted by Gasteiger charge is 2.33. The summed E-state index contributed by atoms with van der Waals surface area (Å²) in [5.74, 6) is 4.67. The monoisotopic (exact) mass is 992 g/mol. The van der Waals surface area contributed by atoms with Gasteiger partial charge < -0.3 is 34.8 Å². The Labute approximate surface area is 409 Å². The molecular weight excluding hydrogens is 937 g/mol. The highest BCUT2D eigenvalue weighted by atomic mass is 32.2. The van der Waals surface area contributed by atoms with Crippen molar-refractivity contribution in [2.45, 2.75) is 66.7 Å². The summed E-state index contributed by atoms with van der Waals surface area (Å²) < 4.78 is 53.3. The minimum atomic E-state index is -3.59. The molecule has 0 saturated carbocycles. The molecule has 0 unspecified atom stereocenters. The zero-order valence-corrected chi connectivity index (χ0v) is 40.9. The number of hydrogen-bond donors (Lipinski definition) is 4. The predicted molar refractivity (Wildman–Crippen MR) is 262 cm³/mol. The molecule has 6 heterocycles. The van der Waals surface area contributed by atoms with Crippen molar-refractivity contribution >= 4 is 67.8 Å². The van der Waals surface area contributed by atoms with Crippen LogP contribution in [-0.2, 0) is 41.1 Å². The topological polar surface area (TPSA) is 284 Å². The van der Waals surface area contributed by atoms with Crippen LogP contribution < -0.4 is 31.6 Å². The SMILES string of the molecule is CCn1nc(C)cc1C(=O)Nc1nc2cc(C(N)=O)cc(OC)c2n1CC=CCn1c(NC(=O)c2cc(C)nn2CC)nc2cc(C(N)=O)cc(OCC#CC3CCN(S(=O)(=O)N4CCOCC4)CC3)c21. The van der Waals surface area contributed by atoms with Crippen LogP contribution >= 0.6 is 0 Å². The van der Waals surface area contributed by atoms with Crippen LogP contribution in [0.3, 0.4) is 0 Å². The second-order valence-corrected chi connectivity index (χ2v) is 18.8. The molecule has 2 aromatic carbocycles. The van der Waals surface area contributed by atoms with Gasteiger partial charge in [-0.25, -0.2) is 9.97 Å². The molecule has 0 spiro atoms. The Morgan fingerprint density at radius 2 is 1.23 bits per heavy atom. The molecule has 8 rings (SSSR count). The molecule has 374 valence electrons. The van der Waals surface area contributed by atoms with Gasteiger partial charge >= 0.3 is 0 Å². The summed E-state index contributed by atoms with van der Waals surface area (Å²) in [6.07, 6.45) is 4.72. The first-order valence-electron chi connectivity index (χ1n) is 23.1. The first-order valence-corrected chi connectivity index (χ1v) is 24.5. The summed E-state index contributed by atoms with van der Waals surface area (Å²) in [5.41, 5.74) is 15.2. The average Bonchev–Trinajstić information content (AvgIpc) is 4.13. The minimum absolute atomic E-state index is 0.0694. The van der Waals surface area contributed by atoms with E-state index in [1.807, 2.05) is 26.0 Å². The zero-order valence-electron chi connectivity index (χ0n) is 40.1. The van der Waals surface area contributed by atoms with Gasteiger partial charge in [-0.15, -0.1) is 0 Å². The normalized spacial score (nSPS) is 15.0. The highest BCUT2D eigenvalue weighted by Crippen LogP contribution is 2.33. The molecule has 24 heteroatoms. The van der Waals surface area contributed by atoms with Gasteiger partial charge in [-0.1, -0.05) is 24.0 Å². The number of benzene rings is 2. The zero-order chi connectivity index (χ0) is 50.6. The number of nitrogens with one attached hydrogen (secondary N) is 2. The Balaban J connectivity index is 1.10. The molecule has 6 N–H and O–H groups in total. The maximum atomic E-state index is 13.9. The van der Waals surface area contributed by atoms with Gasteiger partial charge in [0.25, 0.3) is 22.0 Å². The van der Waals surface area contributed by atoms with Gasteiger partial charge in [-0.2, -0.15) is 27.2 Å². The number of rotatable bonds is 17. The number of nitrogens with zero attached hydrogens (tertiary/aromatic N) is 10. The molecule has 0 bridgehead atoms. The number of aryl methyl sites for hydroxylation is 4. The first kappa shape index (κ1) is 49.8. The summed E-state index contributed by atoms with van der Waals surface area (Å²) in [4.78, 5) is 62.1. The van der Waals surface area contributed by atoms with Crippen LogP contribution in [0.1, 0.15) is 79.8 Å². The van der Waals surface area contributed by atoms with Crippen LogP contribution in [0.2, 0.25) is 0 Å². The van der Waals surface area contributed by atoms with Crippen LogP contribution in [0.25, 0.3) is 22.1 Å². The van der Waals surface area contributed by atoms with Gasteiger partial charge in [0.15, 0.2) is 0 Å². The summed E-state index contributed by atoms with van der Waals surface area (Å²) in [5, 5.41) is 14.7. The fourth-order valence-corrected chi connectivity index (χ4v) is 10.3. The lowest BCUT2D eigenvalue weighted by molar-refractivity contribution is 0.0695. The van der Waals surface area contributed by atoms with Crippen molar-refractivity contribution in [3.8, 4) is 23.3 Å². The maximum absolute atomic E-state index is 13.9. The summed E-state index contributed by atoms with van der Waals surface area (Å²) >= 11 is 0. The van der Waals surface area contributed by atoms with Crippen molar-refractivity contribution in [2.75, 3.05) is 63.7 Å². The lowest BCUT2D eigenvalue weighted by Gasteiger charge is -2.35. The molecule has 2 aliphatic rings. The Morgan fingerprint density at radius 3 is 1.70 bits per heavy atom. The number of hydrogen-bond acceptors (Lipinski definition) is 13. The van der Waals surface area contributed by atoms with Crippen LogP contribution in [0.15, 0.2) is 48.6 Å². The number of morpholine rings is 1. The van der Waals surface area contributed by atoms with Crippen LogP contribution in [0.5, 0.6) is 11.5 Å². The van der Waals surface area contributed by atoms with Crippen LogP contribution in [0.4, 0.5) is 11.9 Å². The van der Waals surface area contributed by atoms with Gasteiger partial charge in [-0.3, -0.25) is 39.2 Å². The molecule has 0 radical (unpaired) electrons. The van der Waals surface area contributed by atoms with Gasteiger partial charge in [-0.05, 0) is 76.9 Å². The highest BCUT2D eigenvalue weighted by molar-refractivity contribution is 7.86. The van der Waals surface area contributed by atoms with E-state index in [0.29, 0.717) is 110 Å². The van der Waals surface area contributed by atoms with E-state index >= 15 is 0 Å². The van der Waals surface area contributed by atoms with E-state index < -0.39 is 33.8 Å². The number of amides is 4. The molecular formula is C47H56N14O9S. The fraction of sp³-hybridized carbons (Fsp3) is 0.404. The molecule has 0 aliphatic carbocycles. The smallest absolute Gasteiger partial charge is 0.282 e. The van der Waals surface area contributed by atoms with Crippen LogP contribution in [-0.4, -0.2) is 132 Å². The lowest BCUT2D eigenvalue weighted by Crippen LogP contribution is -2.50. The van der Waals surface area contributed by atoms with Crippen molar-refractivity contribution in [3.05, 3.63) is 82.5 Å². The largest absolute Gasteiger partial charge is 0.494 e. The van der Waals surface area contributed by atoms with Crippen molar-refractivity contribution < 1.29 is 41.8 Å². The number of carbonyl (C=O) groups excluding carboxylic acids is 4. The third-order valence-electron chi connectivity index (χ3n) is 12.1. The Kier molecular flexibility index (Phi) is 14.9. The second-order valence-electron chi connectivity index (χ2n) is 16.9. The van der Waals surface area contributed by atoms with Crippen molar-refractivity contribution in [2.24, 2.45) is 17.4 Å². The minimum Gasteiger partial charge on any atom is -0.494 e. The maximum Gasteiger partial charge on any atom is 0.282 e. The molecule has 23 nitrogen and oxygen atoms in total. The number of ether oxygens (including phenoxy) is 3. The number of carbonyl (C=O) groups is 4. The molecule has 2 saturated heterocycles. The fourth-order valence-electron chi connectivity index (χ4n) is 8.66. The van der Waals surface area contributed by atoms with E-state index in [-0.39, 0.29) is 60.1 Å². The standard InChI is InChI=1S/C47H56N14O9S/c1-6-60-36(23-29(3)54-60)44(64)52-46-50-34-25-32(42(48)62)27-38(68-5)40(34)58(46)14-8-9-15-59-41-35(51-47(59)53-45(65)37-24-30(4)55-61(37)7-2)26-33(43(49)63)28-39(41)70-20-10-11-31-12-16-56(17-13-31)71(66,67)57-18-21-69-22-19-57/h8-9,23-28,31H,6-7,12-22H2,1-5H3,(H2,48,62)(H2,49,63)(H,50,52,64)(H,51,53,65). The quantitative estimate of drug-likeness (QED) is 0.0756. The van der Waals surface area contributed by atoms with E-state index in [1.54, 1.807) is 44.5 Å². The van der Waals surface area contributed by atoms with Gasteiger partial charge in [0.1, 0.15) is 40.5 Å². The Morgan fingerprint density at radius 1 is 0.746 bits per heavy atom. The number of primary amides is 2. The van der Waals surface area contributed by atoms with Gasteiger partial charge in [0.2, 0.25) is 23.7 Å². The molecule has 2 aliphatic heterocycles.